The lowest BCUT2D eigenvalue weighted by atomic mass is 10.2. The highest BCUT2D eigenvalue weighted by molar-refractivity contribution is 6.30. The number of aromatic carboxylic acids is 1. The molecule has 1 aliphatic heterocycles. The lowest BCUT2D eigenvalue weighted by molar-refractivity contribution is 0.0696. The Morgan fingerprint density at radius 3 is 2.42 bits per heavy atom. The molecule has 2 aromatic rings. The molecular formula is C17H17ClN4O2. The first-order chi connectivity index (χ1) is 11.6. The maximum atomic E-state index is 10.8. The summed E-state index contributed by atoms with van der Waals surface area (Å²) in [5.41, 5.74) is 1.35. The van der Waals surface area contributed by atoms with Crippen LogP contribution in [0.5, 0.6) is 0 Å². The molecule has 1 saturated carbocycles. The molecule has 124 valence electrons. The molecule has 1 aromatic heterocycles. The van der Waals surface area contributed by atoms with Crippen LogP contribution in [0.2, 0.25) is 5.02 Å². The number of fused-ring (bicyclic) bond motifs is 1. The summed E-state index contributed by atoms with van der Waals surface area (Å²) in [6.07, 6.45) is 2.73. The number of carbonyl (C=O) groups is 1. The van der Waals surface area contributed by atoms with E-state index in [2.05, 4.69) is 20.2 Å². The average Bonchev–Trinajstić information content (AvgIpc) is 3.04. The van der Waals surface area contributed by atoms with E-state index < -0.39 is 5.97 Å². The quantitative estimate of drug-likeness (QED) is 0.864. The van der Waals surface area contributed by atoms with Crippen molar-refractivity contribution in [2.45, 2.75) is 12.6 Å². The van der Waals surface area contributed by atoms with Crippen LogP contribution in [0.3, 0.4) is 0 Å². The van der Waals surface area contributed by atoms with E-state index in [1.165, 1.54) is 18.0 Å². The van der Waals surface area contributed by atoms with Crippen molar-refractivity contribution in [1.82, 2.24) is 15.3 Å². The molecule has 2 N–H and O–H groups in total. The second-order valence-corrected chi connectivity index (χ2v) is 6.78. The molecule has 2 aliphatic rings. The number of anilines is 1. The van der Waals surface area contributed by atoms with Crippen molar-refractivity contribution < 1.29 is 9.90 Å². The van der Waals surface area contributed by atoms with E-state index in [0.29, 0.717) is 23.8 Å². The van der Waals surface area contributed by atoms with Crippen LogP contribution in [-0.2, 0) is 6.54 Å². The van der Waals surface area contributed by atoms with Gasteiger partial charge in [-0.3, -0.25) is 0 Å². The summed E-state index contributed by atoms with van der Waals surface area (Å²) < 4.78 is 0. The minimum absolute atomic E-state index is 0.116. The molecule has 7 heteroatoms. The van der Waals surface area contributed by atoms with Gasteiger partial charge in [0.1, 0.15) is 0 Å². The molecule has 0 bridgehead atoms. The van der Waals surface area contributed by atoms with Crippen molar-refractivity contribution >= 4 is 23.5 Å². The number of nitrogens with zero attached hydrogens (tertiary/aromatic N) is 3. The van der Waals surface area contributed by atoms with Gasteiger partial charge in [0.25, 0.3) is 0 Å². The SMILES string of the molecule is O=C(O)c1cnc(N2C[C@@H]3C(NCc4ccc(Cl)cc4)[C@@H]3C2)nc1. The molecule has 2 fully saturated rings. The Hall–Kier alpha value is -2.18. The van der Waals surface area contributed by atoms with Crippen molar-refractivity contribution in [3.8, 4) is 0 Å². The number of aromatic nitrogens is 2. The summed E-state index contributed by atoms with van der Waals surface area (Å²) in [5.74, 6) is 0.834. The second-order valence-electron chi connectivity index (χ2n) is 6.34. The number of hydrogen-bond acceptors (Lipinski definition) is 5. The van der Waals surface area contributed by atoms with Gasteiger partial charge in [-0.1, -0.05) is 23.7 Å². The molecule has 0 amide bonds. The molecule has 1 unspecified atom stereocenters. The van der Waals surface area contributed by atoms with E-state index >= 15 is 0 Å². The van der Waals surface area contributed by atoms with Gasteiger partial charge in [-0.05, 0) is 29.5 Å². The van der Waals surface area contributed by atoms with Gasteiger partial charge >= 0.3 is 5.97 Å². The highest BCUT2D eigenvalue weighted by Gasteiger charge is 2.55. The number of benzene rings is 1. The van der Waals surface area contributed by atoms with E-state index in [0.717, 1.165) is 24.7 Å². The fraction of sp³-hybridized carbons (Fsp3) is 0.353. The topological polar surface area (TPSA) is 78.3 Å². The first-order valence-corrected chi connectivity index (χ1v) is 8.28. The minimum atomic E-state index is -1.00. The van der Waals surface area contributed by atoms with Gasteiger partial charge in [-0.2, -0.15) is 0 Å². The first kappa shape index (κ1) is 15.4. The summed E-state index contributed by atoms with van der Waals surface area (Å²) in [4.78, 5) is 21.3. The van der Waals surface area contributed by atoms with Gasteiger partial charge in [-0.25, -0.2) is 14.8 Å². The normalized spacial score (nSPS) is 24.7. The molecule has 24 heavy (non-hydrogen) atoms. The average molecular weight is 345 g/mol. The third kappa shape index (κ3) is 2.95. The number of carboxylic acids is 1. The largest absolute Gasteiger partial charge is 0.478 e. The van der Waals surface area contributed by atoms with Gasteiger partial charge in [-0.15, -0.1) is 0 Å². The van der Waals surface area contributed by atoms with E-state index in [1.54, 1.807) is 0 Å². The Labute approximate surface area is 144 Å². The number of carboxylic acid groups (broad SMARTS) is 1. The maximum Gasteiger partial charge on any atom is 0.338 e. The number of rotatable bonds is 5. The zero-order chi connectivity index (χ0) is 16.7. The highest BCUT2D eigenvalue weighted by Crippen LogP contribution is 2.46. The van der Waals surface area contributed by atoms with Crippen molar-refractivity contribution in [3.05, 3.63) is 52.8 Å². The van der Waals surface area contributed by atoms with Gasteiger partial charge in [0.2, 0.25) is 5.95 Å². The molecule has 0 spiro atoms. The van der Waals surface area contributed by atoms with Gasteiger partial charge in [0.15, 0.2) is 0 Å². The van der Waals surface area contributed by atoms with E-state index in [-0.39, 0.29) is 5.56 Å². The van der Waals surface area contributed by atoms with Gasteiger partial charge in [0, 0.05) is 43.1 Å². The monoisotopic (exact) mass is 344 g/mol. The fourth-order valence-electron chi connectivity index (χ4n) is 3.43. The van der Waals surface area contributed by atoms with Crippen molar-refractivity contribution in [2.24, 2.45) is 11.8 Å². The predicted octanol–water partition coefficient (Wildman–Crippen LogP) is 2.05. The molecule has 1 aliphatic carbocycles. The summed E-state index contributed by atoms with van der Waals surface area (Å²) in [6, 6.07) is 8.43. The molecule has 2 heterocycles. The van der Waals surface area contributed by atoms with Crippen molar-refractivity contribution in [1.29, 1.82) is 0 Å². The molecule has 1 saturated heterocycles. The Kier molecular flexibility index (Phi) is 3.86. The van der Waals surface area contributed by atoms with Crippen LogP contribution in [0.15, 0.2) is 36.7 Å². The molecule has 6 nitrogen and oxygen atoms in total. The highest BCUT2D eigenvalue weighted by atomic mass is 35.5. The third-order valence-corrected chi connectivity index (χ3v) is 5.07. The summed E-state index contributed by atoms with van der Waals surface area (Å²) in [5, 5.41) is 13.2. The molecular weight excluding hydrogens is 328 g/mol. The van der Waals surface area contributed by atoms with Crippen molar-refractivity contribution in [3.63, 3.8) is 0 Å². The zero-order valence-corrected chi connectivity index (χ0v) is 13.6. The Morgan fingerprint density at radius 2 is 1.83 bits per heavy atom. The minimum Gasteiger partial charge on any atom is -0.478 e. The maximum absolute atomic E-state index is 10.8. The van der Waals surface area contributed by atoms with Crippen LogP contribution < -0.4 is 10.2 Å². The number of halogens is 1. The number of hydrogen-bond donors (Lipinski definition) is 2. The van der Waals surface area contributed by atoms with Crippen LogP contribution in [0, 0.1) is 11.8 Å². The zero-order valence-electron chi connectivity index (χ0n) is 12.9. The smallest absolute Gasteiger partial charge is 0.338 e. The summed E-state index contributed by atoms with van der Waals surface area (Å²) in [7, 11) is 0. The molecule has 4 rings (SSSR count). The predicted molar refractivity (Wildman–Crippen MR) is 90.3 cm³/mol. The van der Waals surface area contributed by atoms with Crippen molar-refractivity contribution in [2.75, 3.05) is 18.0 Å². The molecule has 3 atom stereocenters. The fourth-order valence-corrected chi connectivity index (χ4v) is 3.55. The lowest BCUT2D eigenvalue weighted by Gasteiger charge is -2.20. The van der Waals surface area contributed by atoms with Crippen LogP contribution in [0.4, 0.5) is 5.95 Å². The second kappa shape index (κ2) is 6.03. The third-order valence-electron chi connectivity index (χ3n) is 4.82. The summed E-state index contributed by atoms with van der Waals surface area (Å²) in [6.45, 7) is 2.67. The van der Waals surface area contributed by atoms with Crippen LogP contribution in [-0.4, -0.2) is 40.2 Å². The van der Waals surface area contributed by atoms with E-state index in [9.17, 15) is 4.79 Å². The van der Waals surface area contributed by atoms with E-state index in [4.69, 9.17) is 16.7 Å². The van der Waals surface area contributed by atoms with Gasteiger partial charge < -0.3 is 15.3 Å². The van der Waals surface area contributed by atoms with Gasteiger partial charge in [0.05, 0.1) is 5.56 Å². The molecule has 0 radical (unpaired) electrons. The van der Waals surface area contributed by atoms with E-state index in [1.807, 2.05) is 24.3 Å². The lowest BCUT2D eigenvalue weighted by Crippen LogP contribution is -2.32. The Balaban J connectivity index is 1.29. The van der Waals surface area contributed by atoms with Crippen LogP contribution >= 0.6 is 11.6 Å². The Morgan fingerprint density at radius 1 is 1.21 bits per heavy atom. The van der Waals surface area contributed by atoms with Crippen LogP contribution in [0.25, 0.3) is 0 Å². The number of nitrogens with one attached hydrogen (secondary N) is 1. The first-order valence-electron chi connectivity index (χ1n) is 7.90. The number of piperidine rings is 1. The standard InChI is InChI=1S/C17H17ClN4O2/c18-12-3-1-10(2-4-12)5-19-15-13-8-22(9-14(13)15)17-20-6-11(7-21-17)16(23)24/h1-4,6-7,13-15,19H,5,8-9H2,(H,23,24)/t13-,14+,15?. The Bertz CT molecular complexity index is 738. The molecule has 1 aromatic carbocycles. The summed E-state index contributed by atoms with van der Waals surface area (Å²) >= 11 is 5.90. The van der Waals surface area contributed by atoms with Crippen LogP contribution in [0.1, 0.15) is 15.9 Å².